The van der Waals surface area contributed by atoms with Crippen molar-refractivity contribution in [3.8, 4) is 0 Å². The summed E-state index contributed by atoms with van der Waals surface area (Å²) >= 11 is 0. The third kappa shape index (κ3) is 5.27. The molecule has 1 amide bonds. The molecular formula is C22H25F3N2O3S. The van der Waals surface area contributed by atoms with Crippen molar-refractivity contribution in [2.24, 2.45) is 0 Å². The highest BCUT2D eigenvalue weighted by Gasteiger charge is 2.34. The van der Waals surface area contributed by atoms with Crippen LogP contribution in [0.1, 0.15) is 48.2 Å². The SMILES string of the molecule is CCN(CC)S(=O)(=O)c1ccc(C(=O)N(Cc2ccc(C(F)(F)F)cc2)C2CC2)cc1. The second-order valence-corrected chi connectivity index (χ2v) is 9.41. The molecule has 0 aliphatic heterocycles. The Hall–Kier alpha value is -2.39. The van der Waals surface area contributed by atoms with Crippen LogP contribution in [0.2, 0.25) is 0 Å². The molecule has 0 saturated heterocycles. The Morgan fingerprint density at radius 1 is 0.968 bits per heavy atom. The normalized spacial score (nSPS) is 14.6. The van der Waals surface area contributed by atoms with Crippen molar-refractivity contribution < 1.29 is 26.4 Å². The first-order chi connectivity index (χ1) is 14.6. The number of hydrogen-bond donors (Lipinski definition) is 0. The second kappa shape index (κ2) is 9.00. The molecule has 0 spiro atoms. The van der Waals surface area contributed by atoms with Gasteiger partial charge in [0.15, 0.2) is 0 Å². The highest BCUT2D eigenvalue weighted by molar-refractivity contribution is 7.89. The zero-order valence-corrected chi connectivity index (χ0v) is 18.2. The summed E-state index contributed by atoms with van der Waals surface area (Å²) in [6.07, 6.45) is -2.74. The number of rotatable bonds is 8. The summed E-state index contributed by atoms with van der Waals surface area (Å²) < 4.78 is 64.9. The highest BCUT2D eigenvalue weighted by atomic mass is 32.2. The number of alkyl halides is 3. The molecule has 0 unspecified atom stereocenters. The van der Waals surface area contributed by atoms with Gasteiger partial charge in [0.25, 0.3) is 5.91 Å². The van der Waals surface area contributed by atoms with E-state index < -0.39 is 21.8 Å². The van der Waals surface area contributed by atoms with Gasteiger partial charge >= 0.3 is 6.18 Å². The molecule has 0 aromatic heterocycles. The van der Waals surface area contributed by atoms with Gasteiger partial charge < -0.3 is 4.90 Å². The van der Waals surface area contributed by atoms with Gasteiger partial charge in [-0.2, -0.15) is 17.5 Å². The van der Waals surface area contributed by atoms with Gasteiger partial charge in [0.05, 0.1) is 10.5 Å². The predicted molar refractivity (Wildman–Crippen MR) is 111 cm³/mol. The van der Waals surface area contributed by atoms with Gasteiger partial charge in [-0.25, -0.2) is 8.42 Å². The van der Waals surface area contributed by atoms with Gasteiger partial charge in [0.1, 0.15) is 0 Å². The van der Waals surface area contributed by atoms with E-state index in [1.807, 2.05) is 0 Å². The molecule has 9 heteroatoms. The summed E-state index contributed by atoms with van der Waals surface area (Å²) in [4.78, 5) is 14.8. The molecule has 0 heterocycles. The smallest absolute Gasteiger partial charge is 0.331 e. The van der Waals surface area contributed by atoms with E-state index in [0.717, 1.165) is 25.0 Å². The van der Waals surface area contributed by atoms with Crippen LogP contribution in [0, 0.1) is 0 Å². The molecule has 1 saturated carbocycles. The molecular weight excluding hydrogens is 429 g/mol. The van der Waals surface area contributed by atoms with Gasteiger partial charge in [0, 0.05) is 31.2 Å². The van der Waals surface area contributed by atoms with Crippen LogP contribution >= 0.6 is 0 Å². The minimum atomic E-state index is -4.41. The Morgan fingerprint density at radius 3 is 1.97 bits per heavy atom. The third-order valence-electron chi connectivity index (χ3n) is 5.33. The Bertz CT molecular complexity index is 1010. The van der Waals surface area contributed by atoms with E-state index >= 15 is 0 Å². The Morgan fingerprint density at radius 2 is 1.52 bits per heavy atom. The summed E-state index contributed by atoms with van der Waals surface area (Å²) in [6.45, 7) is 4.41. The van der Waals surface area contributed by atoms with Crippen LogP contribution in [0.15, 0.2) is 53.4 Å². The Balaban J connectivity index is 1.78. The lowest BCUT2D eigenvalue weighted by Gasteiger charge is -2.23. The molecule has 0 N–H and O–H groups in total. The van der Waals surface area contributed by atoms with Crippen LogP contribution in [0.3, 0.4) is 0 Å². The van der Waals surface area contributed by atoms with Crippen molar-refractivity contribution in [3.63, 3.8) is 0 Å². The number of hydrogen-bond acceptors (Lipinski definition) is 3. The summed E-state index contributed by atoms with van der Waals surface area (Å²) in [5.74, 6) is -0.269. The fourth-order valence-electron chi connectivity index (χ4n) is 3.40. The van der Waals surface area contributed by atoms with E-state index in [-0.39, 0.29) is 23.4 Å². The third-order valence-corrected chi connectivity index (χ3v) is 7.39. The summed E-state index contributed by atoms with van der Waals surface area (Å²) in [5.41, 5.74) is 0.219. The number of nitrogens with zero attached hydrogens (tertiary/aromatic N) is 2. The van der Waals surface area contributed by atoms with E-state index in [1.54, 1.807) is 18.7 Å². The van der Waals surface area contributed by atoms with Crippen LogP contribution in [-0.2, 0) is 22.7 Å². The lowest BCUT2D eigenvalue weighted by Crippen LogP contribution is -2.33. The molecule has 0 bridgehead atoms. The molecule has 31 heavy (non-hydrogen) atoms. The fraction of sp³-hybridized carbons (Fsp3) is 0.409. The quantitative estimate of drug-likeness (QED) is 0.589. The number of carbonyl (C=O) groups excluding carboxylic acids is 1. The van der Waals surface area contributed by atoms with E-state index in [9.17, 15) is 26.4 Å². The zero-order valence-electron chi connectivity index (χ0n) is 17.4. The molecule has 1 aliphatic carbocycles. The molecule has 1 aliphatic rings. The Kier molecular flexibility index (Phi) is 6.76. The van der Waals surface area contributed by atoms with Gasteiger partial charge in [0.2, 0.25) is 10.0 Å². The van der Waals surface area contributed by atoms with Gasteiger partial charge in [-0.3, -0.25) is 4.79 Å². The van der Waals surface area contributed by atoms with Crippen molar-refractivity contribution >= 4 is 15.9 Å². The van der Waals surface area contributed by atoms with Gasteiger partial charge in [-0.1, -0.05) is 26.0 Å². The fourth-order valence-corrected chi connectivity index (χ4v) is 4.85. The molecule has 5 nitrogen and oxygen atoms in total. The van der Waals surface area contributed by atoms with Crippen molar-refractivity contribution in [2.75, 3.05) is 13.1 Å². The van der Waals surface area contributed by atoms with Crippen LogP contribution in [0.5, 0.6) is 0 Å². The average molecular weight is 455 g/mol. The molecule has 2 aromatic carbocycles. The summed E-state index contributed by atoms with van der Waals surface area (Å²) in [7, 11) is -3.62. The topological polar surface area (TPSA) is 57.7 Å². The molecule has 1 fully saturated rings. The van der Waals surface area contributed by atoms with Gasteiger partial charge in [-0.05, 0) is 54.8 Å². The molecule has 0 radical (unpaired) electrons. The Labute approximate surface area is 180 Å². The van der Waals surface area contributed by atoms with Crippen LogP contribution < -0.4 is 0 Å². The van der Waals surface area contributed by atoms with Crippen molar-refractivity contribution in [2.45, 2.75) is 50.3 Å². The maximum atomic E-state index is 13.1. The molecule has 3 rings (SSSR count). The number of amides is 1. The highest BCUT2D eigenvalue weighted by Crippen LogP contribution is 2.32. The van der Waals surface area contributed by atoms with E-state index in [1.165, 1.54) is 40.7 Å². The zero-order chi connectivity index (χ0) is 22.8. The van der Waals surface area contributed by atoms with Crippen molar-refractivity contribution in [1.29, 1.82) is 0 Å². The maximum absolute atomic E-state index is 13.1. The maximum Gasteiger partial charge on any atom is 0.416 e. The minimum absolute atomic E-state index is 0.0360. The lowest BCUT2D eigenvalue weighted by molar-refractivity contribution is -0.137. The van der Waals surface area contributed by atoms with Crippen molar-refractivity contribution in [1.82, 2.24) is 9.21 Å². The largest absolute Gasteiger partial charge is 0.416 e. The van der Waals surface area contributed by atoms with E-state index in [4.69, 9.17) is 0 Å². The van der Waals surface area contributed by atoms with Crippen LogP contribution in [-0.4, -0.2) is 42.7 Å². The first kappa shape index (κ1) is 23.3. The second-order valence-electron chi connectivity index (χ2n) is 7.47. The van der Waals surface area contributed by atoms with Crippen LogP contribution in [0.25, 0.3) is 0 Å². The minimum Gasteiger partial charge on any atom is -0.331 e. The molecule has 2 aromatic rings. The molecule has 168 valence electrons. The first-order valence-electron chi connectivity index (χ1n) is 10.1. The van der Waals surface area contributed by atoms with E-state index in [0.29, 0.717) is 24.2 Å². The number of sulfonamides is 1. The summed E-state index contributed by atoms with van der Waals surface area (Å²) in [6, 6.07) is 10.6. The first-order valence-corrected chi connectivity index (χ1v) is 11.6. The van der Waals surface area contributed by atoms with Gasteiger partial charge in [-0.15, -0.1) is 0 Å². The standard InChI is InChI=1S/C22H25F3N2O3S/c1-3-26(4-2)31(29,30)20-13-7-17(8-14-20)21(28)27(19-11-12-19)15-16-5-9-18(10-6-16)22(23,24)25/h5-10,13-14,19H,3-4,11-12,15H2,1-2H3. The van der Waals surface area contributed by atoms with E-state index in [2.05, 4.69) is 0 Å². The average Bonchev–Trinajstić information content (AvgIpc) is 3.57. The summed E-state index contributed by atoms with van der Waals surface area (Å²) in [5, 5.41) is 0. The predicted octanol–water partition coefficient (Wildman–Crippen LogP) is 4.54. The molecule has 0 atom stereocenters. The lowest BCUT2D eigenvalue weighted by atomic mass is 10.1. The van der Waals surface area contributed by atoms with Crippen molar-refractivity contribution in [3.05, 3.63) is 65.2 Å². The monoisotopic (exact) mass is 454 g/mol. The number of benzene rings is 2. The number of carbonyl (C=O) groups is 1. The van der Waals surface area contributed by atoms with Crippen LogP contribution in [0.4, 0.5) is 13.2 Å². The number of halogens is 3.